The van der Waals surface area contributed by atoms with E-state index in [1.54, 1.807) is 5.38 Å². The lowest BCUT2D eigenvalue weighted by Crippen LogP contribution is -2.49. The second kappa shape index (κ2) is 17.5. The molecule has 4 N–H and O–H groups in total. The standard InChI is InChI=1S/C32H41N7O5S.CH2O2/c1-4-38-13-10-22(11-14-38)32(43)39-15-12-33-28(41)24-18-44-30(35-24)23(16-21-8-6-5-7-9-21)34-29(42)25-19-45-31(36-25)27(20(2)3)37-26(40)17-39;2-1-3/h5-9,18-20,22-23,27H,4,10-17H2,1-3H3,(H,33,41)(H,34,42)(H,37,40);1H,(H,2,3)/t23-,27-;/m0./s1. The van der Waals surface area contributed by atoms with Gasteiger partial charge in [-0.1, -0.05) is 51.1 Å². The zero-order valence-electron chi connectivity index (χ0n) is 27.4. The molecule has 5 rings (SSSR count). The van der Waals surface area contributed by atoms with Gasteiger partial charge in [0.15, 0.2) is 5.69 Å². The lowest BCUT2D eigenvalue weighted by atomic mass is 9.95. The number of carbonyl (C=O) groups is 5. The third kappa shape index (κ3) is 9.70. The first-order valence-electron chi connectivity index (χ1n) is 16.1. The molecule has 2 aliphatic rings. The number of hydrogen-bond acceptors (Lipinski definition) is 10. The van der Waals surface area contributed by atoms with Crippen LogP contribution >= 0.6 is 11.3 Å². The number of nitrogens with zero attached hydrogens (tertiary/aromatic N) is 4. The second-order valence-electron chi connectivity index (χ2n) is 12.0. The second-order valence-corrected chi connectivity index (χ2v) is 12.9. The number of carbonyl (C=O) groups excluding carboxylic acids is 4. The van der Waals surface area contributed by atoms with Crippen molar-refractivity contribution in [2.45, 2.75) is 52.1 Å². The van der Waals surface area contributed by atoms with Crippen molar-refractivity contribution in [2.24, 2.45) is 11.8 Å². The molecule has 4 bridgehead atoms. The van der Waals surface area contributed by atoms with Gasteiger partial charge in [0.25, 0.3) is 18.3 Å². The van der Waals surface area contributed by atoms with Gasteiger partial charge in [-0.3, -0.25) is 24.0 Å². The van der Waals surface area contributed by atoms with Crippen molar-refractivity contribution in [1.82, 2.24) is 35.7 Å². The number of oxazole rings is 1. The first kappa shape index (κ1) is 36.2. The van der Waals surface area contributed by atoms with Gasteiger partial charge in [0.1, 0.15) is 23.0 Å². The van der Waals surface area contributed by atoms with E-state index in [2.05, 4.69) is 37.7 Å². The van der Waals surface area contributed by atoms with E-state index < -0.39 is 23.9 Å². The van der Waals surface area contributed by atoms with Crippen LogP contribution in [0.3, 0.4) is 0 Å². The van der Waals surface area contributed by atoms with E-state index in [1.165, 1.54) is 22.5 Å². The van der Waals surface area contributed by atoms with Crippen LogP contribution in [0.2, 0.25) is 0 Å². The summed E-state index contributed by atoms with van der Waals surface area (Å²) >= 11 is 1.29. The normalized spacial score (nSPS) is 20.0. The highest BCUT2D eigenvalue weighted by Crippen LogP contribution is 2.27. The van der Waals surface area contributed by atoms with Gasteiger partial charge in [-0.2, -0.15) is 0 Å². The molecule has 0 radical (unpaired) electrons. The van der Waals surface area contributed by atoms with E-state index in [1.807, 2.05) is 44.2 Å². The molecule has 2 aromatic heterocycles. The molecule has 0 aliphatic carbocycles. The van der Waals surface area contributed by atoms with Crippen molar-refractivity contribution in [2.75, 3.05) is 39.3 Å². The molecule has 48 heavy (non-hydrogen) atoms. The highest BCUT2D eigenvalue weighted by atomic mass is 32.1. The molecule has 0 spiro atoms. The minimum atomic E-state index is -0.668. The van der Waals surface area contributed by atoms with Gasteiger partial charge < -0.3 is 35.3 Å². The number of hydrogen-bond donors (Lipinski definition) is 4. The number of fused-ring (bicyclic) bond motifs is 4. The average Bonchev–Trinajstić information content (AvgIpc) is 3.78. The molecule has 4 heterocycles. The summed E-state index contributed by atoms with van der Waals surface area (Å²) in [5.41, 5.74) is 1.20. The van der Waals surface area contributed by atoms with Crippen molar-refractivity contribution >= 4 is 41.4 Å². The van der Waals surface area contributed by atoms with E-state index >= 15 is 0 Å². The van der Waals surface area contributed by atoms with Gasteiger partial charge in [0, 0.05) is 30.8 Å². The molecule has 2 aliphatic heterocycles. The van der Waals surface area contributed by atoms with Crippen molar-refractivity contribution in [1.29, 1.82) is 0 Å². The minimum Gasteiger partial charge on any atom is -0.483 e. The smallest absolute Gasteiger partial charge is 0.290 e. The maximum absolute atomic E-state index is 13.7. The van der Waals surface area contributed by atoms with E-state index in [4.69, 9.17) is 14.3 Å². The Morgan fingerprint density at radius 1 is 1.06 bits per heavy atom. The molecule has 258 valence electrons. The number of aromatic nitrogens is 2. The topological polar surface area (TPSA) is 187 Å². The number of benzene rings is 1. The van der Waals surface area contributed by atoms with Gasteiger partial charge in [-0.25, -0.2) is 9.97 Å². The van der Waals surface area contributed by atoms with E-state index in [-0.39, 0.29) is 67.0 Å². The van der Waals surface area contributed by atoms with Gasteiger partial charge in [-0.05, 0) is 44.0 Å². The lowest BCUT2D eigenvalue weighted by molar-refractivity contribution is -0.141. The van der Waals surface area contributed by atoms with Crippen LogP contribution in [0.4, 0.5) is 0 Å². The maximum Gasteiger partial charge on any atom is 0.290 e. The quantitative estimate of drug-likeness (QED) is 0.292. The summed E-state index contributed by atoms with van der Waals surface area (Å²) in [6, 6.07) is 8.46. The molecule has 4 amide bonds. The molecular weight excluding hydrogens is 638 g/mol. The fraction of sp³-hybridized carbons (Fsp3) is 0.485. The molecule has 1 aromatic carbocycles. The Balaban J connectivity index is 0.00000167. The zero-order chi connectivity index (χ0) is 34.6. The van der Waals surface area contributed by atoms with Crippen molar-refractivity contribution in [3.05, 3.63) is 69.8 Å². The van der Waals surface area contributed by atoms with Gasteiger partial charge in [0.2, 0.25) is 17.7 Å². The number of thiazole rings is 1. The van der Waals surface area contributed by atoms with Gasteiger partial charge >= 0.3 is 0 Å². The highest BCUT2D eigenvalue weighted by molar-refractivity contribution is 7.09. The van der Waals surface area contributed by atoms with Crippen LogP contribution in [0.5, 0.6) is 0 Å². The molecule has 15 heteroatoms. The summed E-state index contributed by atoms with van der Waals surface area (Å²) in [6.07, 6.45) is 3.09. The van der Waals surface area contributed by atoms with Crippen molar-refractivity contribution in [3.63, 3.8) is 0 Å². The Labute approximate surface area is 283 Å². The molecule has 0 unspecified atom stereocenters. The number of nitrogens with one attached hydrogen (secondary N) is 3. The van der Waals surface area contributed by atoms with Gasteiger partial charge in [0.05, 0.1) is 12.6 Å². The summed E-state index contributed by atoms with van der Waals surface area (Å²) in [4.78, 5) is 74.8. The summed E-state index contributed by atoms with van der Waals surface area (Å²) in [7, 11) is 0. The fourth-order valence-corrected chi connectivity index (χ4v) is 6.71. The third-order valence-electron chi connectivity index (χ3n) is 8.34. The first-order valence-corrected chi connectivity index (χ1v) is 16.9. The molecule has 2 atom stereocenters. The zero-order valence-corrected chi connectivity index (χ0v) is 28.2. The SMILES string of the molecule is CCN1CCC(C(=O)N2CCNC(=O)c3coc(n3)[C@H](Cc3ccccc3)NC(=O)c3csc(n3)[C@H](C(C)C)NC(=O)C2)CC1.O=CO. The Kier molecular flexibility index (Phi) is 13.2. The molecule has 1 saturated heterocycles. The molecule has 3 aromatic rings. The van der Waals surface area contributed by atoms with E-state index in [0.717, 1.165) is 38.0 Å². The van der Waals surface area contributed by atoms with E-state index in [0.29, 0.717) is 11.4 Å². The minimum absolute atomic E-state index is 0.0278. The Morgan fingerprint density at radius 2 is 1.77 bits per heavy atom. The summed E-state index contributed by atoms with van der Waals surface area (Å²) in [5.74, 6) is -1.35. The maximum atomic E-state index is 13.7. The monoisotopic (exact) mass is 681 g/mol. The van der Waals surface area contributed by atoms with Gasteiger partial charge in [-0.15, -0.1) is 11.3 Å². The average molecular weight is 682 g/mol. The molecule has 1 fully saturated rings. The molecular formula is C33H43N7O7S. The van der Waals surface area contributed by atoms with Crippen molar-refractivity contribution in [3.8, 4) is 0 Å². The number of carboxylic acid groups (broad SMARTS) is 1. The van der Waals surface area contributed by atoms with Crippen LogP contribution in [0.25, 0.3) is 0 Å². The van der Waals surface area contributed by atoms with Crippen LogP contribution in [0.15, 0.2) is 46.4 Å². The predicted octanol–water partition coefficient (Wildman–Crippen LogP) is 2.66. The molecule has 14 nitrogen and oxygen atoms in total. The first-order chi connectivity index (χ1) is 23.1. The van der Waals surface area contributed by atoms with Crippen molar-refractivity contribution < 1.29 is 33.5 Å². The largest absolute Gasteiger partial charge is 0.483 e. The number of rotatable bonds is 5. The number of likely N-dealkylation sites (tertiary alicyclic amines) is 1. The van der Waals surface area contributed by atoms with Crippen LogP contribution < -0.4 is 16.0 Å². The third-order valence-corrected chi connectivity index (χ3v) is 9.27. The summed E-state index contributed by atoms with van der Waals surface area (Å²) in [6.45, 7) is 8.53. The Morgan fingerprint density at radius 3 is 2.44 bits per heavy atom. The Hall–Kier alpha value is -4.63. The van der Waals surface area contributed by atoms with Crippen LogP contribution in [-0.2, 0) is 20.8 Å². The number of piperidine rings is 1. The highest BCUT2D eigenvalue weighted by Gasteiger charge is 2.31. The summed E-state index contributed by atoms with van der Waals surface area (Å²) < 4.78 is 5.71. The van der Waals surface area contributed by atoms with Crippen LogP contribution in [0, 0.1) is 11.8 Å². The van der Waals surface area contributed by atoms with E-state index in [9.17, 15) is 19.2 Å². The summed E-state index contributed by atoms with van der Waals surface area (Å²) in [5, 5.41) is 18.0. The van der Waals surface area contributed by atoms with Crippen LogP contribution in [0.1, 0.15) is 83.1 Å². The fourth-order valence-electron chi connectivity index (χ4n) is 5.69. The number of amides is 4. The molecule has 0 saturated carbocycles. The lowest BCUT2D eigenvalue weighted by Gasteiger charge is -2.34. The van der Waals surface area contributed by atoms with Crippen LogP contribution in [-0.4, -0.2) is 94.2 Å². The Bertz CT molecular complexity index is 1540. The predicted molar refractivity (Wildman–Crippen MR) is 177 cm³/mol.